The van der Waals surface area contributed by atoms with Crippen LogP contribution in [0.15, 0.2) is 76.2 Å². The highest BCUT2D eigenvalue weighted by atomic mass is 19.1. The number of rotatable bonds is 12. The zero-order valence-corrected chi connectivity index (χ0v) is 29.6. The second kappa shape index (κ2) is 15.2. The molecule has 5 heterocycles. The number of nitrogens with one attached hydrogen (secondary N) is 1. The smallest absolute Gasteiger partial charge is 0.368 e. The van der Waals surface area contributed by atoms with Crippen LogP contribution in [0.3, 0.4) is 0 Å². The number of amides is 1. The molecule has 53 heavy (non-hydrogen) atoms. The molecule has 15 nitrogen and oxygen atoms in total. The predicted molar refractivity (Wildman–Crippen MR) is 193 cm³/mol. The van der Waals surface area contributed by atoms with Crippen molar-refractivity contribution in [3.8, 4) is 22.6 Å². The quantitative estimate of drug-likeness (QED) is 0.0938. The van der Waals surface area contributed by atoms with Gasteiger partial charge in [-0.2, -0.15) is 4.98 Å². The lowest BCUT2D eigenvalue weighted by Gasteiger charge is -2.33. The zero-order chi connectivity index (χ0) is 37.9. The Bertz CT molecular complexity index is 2190. The van der Waals surface area contributed by atoms with Gasteiger partial charge in [0.15, 0.2) is 23.1 Å². The van der Waals surface area contributed by atoms with Crippen molar-refractivity contribution in [3.63, 3.8) is 0 Å². The van der Waals surface area contributed by atoms with Crippen molar-refractivity contribution >= 4 is 34.8 Å². The summed E-state index contributed by atoms with van der Waals surface area (Å²) in [7, 11) is 6.29. The molecule has 1 amide bonds. The second-order valence-corrected chi connectivity index (χ2v) is 13.3. The van der Waals surface area contributed by atoms with E-state index in [1.165, 1.54) is 43.3 Å². The second-order valence-electron chi connectivity index (χ2n) is 13.3. The molecule has 1 N–H and O–H groups in total. The number of pyridine rings is 2. The van der Waals surface area contributed by atoms with Crippen molar-refractivity contribution in [2.75, 3.05) is 59.8 Å². The van der Waals surface area contributed by atoms with Crippen molar-refractivity contribution in [3.05, 3.63) is 98.5 Å². The van der Waals surface area contributed by atoms with Crippen molar-refractivity contribution in [1.82, 2.24) is 24.4 Å². The molecule has 0 aliphatic carbocycles. The lowest BCUT2D eigenvalue weighted by Crippen LogP contribution is -2.42. The standard InChI is InChI=1S/C36H37F2N9O6/c1-47(2,21-22-9-13-40-33(22)46(50)51)16-6-8-29(48)44-14-10-25(11-15-44)45-34-23(19-41-36(43-34)42-24-7-5-12-39-20-24)17-26(35(45)49)30-31(37)27(52-3)18-28(53-4)32(30)38/h5-8,12-13,17-20,25H,9-11,14-16,21H2,1-4H3/p+1/b8-6+. The van der Waals surface area contributed by atoms with Crippen LogP contribution >= 0.6 is 0 Å². The number of quaternary nitrogens is 1. The third kappa shape index (κ3) is 7.74. The summed E-state index contributed by atoms with van der Waals surface area (Å²) in [6.07, 6.45) is 10.5. The van der Waals surface area contributed by atoms with E-state index in [1.54, 1.807) is 35.5 Å². The third-order valence-electron chi connectivity index (χ3n) is 9.19. The number of halogens is 2. The number of fused-ring (bicyclic) bond motifs is 1. The van der Waals surface area contributed by atoms with Crippen molar-refractivity contribution in [1.29, 1.82) is 0 Å². The molecule has 0 radical (unpaired) electrons. The molecule has 1 saturated heterocycles. The molecule has 276 valence electrons. The average molecular weight is 731 g/mol. The van der Waals surface area contributed by atoms with Gasteiger partial charge >= 0.3 is 5.82 Å². The van der Waals surface area contributed by atoms with E-state index in [1.807, 2.05) is 14.1 Å². The topological polar surface area (TPSA) is 167 Å². The highest BCUT2D eigenvalue weighted by molar-refractivity contribution is 5.87. The van der Waals surface area contributed by atoms with E-state index < -0.39 is 33.7 Å². The number of anilines is 2. The summed E-state index contributed by atoms with van der Waals surface area (Å²) in [5, 5.41) is 14.7. The summed E-state index contributed by atoms with van der Waals surface area (Å²) in [5.41, 5.74) is -0.0840. The summed E-state index contributed by atoms with van der Waals surface area (Å²) in [6.45, 7) is 1.44. The van der Waals surface area contributed by atoms with Gasteiger partial charge in [0, 0.05) is 55.5 Å². The molecule has 0 atom stereocenters. The average Bonchev–Trinajstić information content (AvgIpc) is 3.60. The van der Waals surface area contributed by atoms with Crippen molar-refractivity contribution in [2.45, 2.75) is 25.3 Å². The lowest BCUT2D eigenvalue weighted by molar-refractivity contribution is -0.880. The van der Waals surface area contributed by atoms with Gasteiger partial charge in [-0.15, -0.1) is 0 Å². The summed E-state index contributed by atoms with van der Waals surface area (Å²) in [4.78, 5) is 57.1. The zero-order valence-electron chi connectivity index (χ0n) is 29.6. The molecule has 0 bridgehead atoms. The number of hydrogen-bond donors (Lipinski definition) is 1. The number of nitrogens with zero attached hydrogens (tertiary/aromatic N) is 8. The minimum atomic E-state index is -1.06. The van der Waals surface area contributed by atoms with E-state index in [-0.39, 0.29) is 40.4 Å². The number of carbonyl (C=O) groups excluding carboxylic acids is 1. The number of nitro groups is 1. The van der Waals surface area contributed by atoms with Gasteiger partial charge in [0.05, 0.1) is 63.4 Å². The molecule has 0 unspecified atom stereocenters. The molecule has 17 heteroatoms. The van der Waals surface area contributed by atoms with Crippen LogP contribution in [0.2, 0.25) is 0 Å². The van der Waals surface area contributed by atoms with Gasteiger partial charge in [-0.1, -0.05) is 4.99 Å². The Balaban J connectivity index is 1.28. The first-order valence-electron chi connectivity index (χ1n) is 16.8. The molecule has 4 aromatic rings. The number of methoxy groups -OCH3 is 2. The Morgan fingerprint density at radius 3 is 2.49 bits per heavy atom. The van der Waals surface area contributed by atoms with Crippen molar-refractivity contribution < 1.29 is 32.5 Å². The first kappa shape index (κ1) is 36.7. The van der Waals surface area contributed by atoms with Crippen LogP contribution in [0.5, 0.6) is 11.5 Å². The number of aliphatic imine (C=N–C) groups is 1. The Kier molecular flexibility index (Phi) is 10.6. The summed E-state index contributed by atoms with van der Waals surface area (Å²) in [6, 6.07) is 5.43. The fourth-order valence-electron chi connectivity index (χ4n) is 6.59. The monoisotopic (exact) mass is 730 g/mol. The molecule has 1 aromatic carbocycles. The number of piperidine rings is 1. The van der Waals surface area contributed by atoms with E-state index in [0.717, 1.165) is 6.07 Å². The maximum absolute atomic E-state index is 15.8. The molecular weight excluding hydrogens is 692 g/mol. The van der Waals surface area contributed by atoms with Crippen LogP contribution < -0.4 is 20.3 Å². The lowest BCUT2D eigenvalue weighted by atomic mass is 10.0. The predicted octanol–water partition coefficient (Wildman–Crippen LogP) is 4.65. The van der Waals surface area contributed by atoms with Crippen LogP contribution in [0, 0.1) is 21.7 Å². The highest BCUT2D eigenvalue weighted by Gasteiger charge is 2.31. The fraction of sp³-hybridized carbons (Fsp3) is 0.333. The Hall–Kier alpha value is -6.10. The normalized spacial score (nSPS) is 15.1. The van der Waals surface area contributed by atoms with Gasteiger partial charge < -0.3 is 34.3 Å². The number of hydrogen-bond acceptors (Lipinski definition) is 11. The molecule has 1 fully saturated rings. The minimum absolute atomic E-state index is 0.123. The largest absolute Gasteiger partial charge is 0.494 e. The maximum Gasteiger partial charge on any atom is 0.368 e. The van der Waals surface area contributed by atoms with Gasteiger partial charge in [0.2, 0.25) is 11.9 Å². The van der Waals surface area contributed by atoms with Crippen LogP contribution in [0.1, 0.15) is 25.3 Å². The number of likely N-dealkylation sites (tertiary alicyclic amines) is 1. The van der Waals surface area contributed by atoms with E-state index in [0.29, 0.717) is 66.6 Å². The first-order chi connectivity index (χ1) is 25.4. The van der Waals surface area contributed by atoms with Crippen LogP contribution in [-0.2, 0) is 4.79 Å². The number of aromatic nitrogens is 4. The summed E-state index contributed by atoms with van der Waals surface area (Å²) in [5.74, 6) is -2.90. The third-order valence-corrected chi connectivity index (χ3v) is 9.19. The van der Waals surface area contributed by atoms with Crippen molar-refractivity contribution in [2.24, 2.45) is 4.99 Å². The van der Waals surface area contributed by atoms with Crippen LogP contribution in [0.25, 0.3) is 22.2 Å². The molecule has 2 aliphatic rings. The summed E-state index contributed by atoms with van der Waals surface area (Å²) >= 11 is 0. The molecule has 2 aliphatic heterocycles. The Morgan fingerprint density at radius 2 is 1.85 bits per heavy atom. The van der Waals surface area contributed by atoms with E-state index in [4.69, 9.17) is 9.47 Å². The van der Waals surface area contributed by atoms with Gasteiger partial charge in [-0.05, 0) is 42.0 Å². The molecular formula is C36H38F2N9O6+. The molecule has 3 aromatic heterocycles. The Labute approximate surface area is 302 Å². The fourth-order valence-corrected chi connectivity index (χ4v) is 6.59. The SMILES string of the molecule is COc1cc(OC)c(F)c(-c2cc3cnc(Nc4cccnc4)nc3n(C3CCN(C(=O)/C=C/C[N+](C)(C)CC4=C([N+](=O)[O-])N=CC4)CC3)c2=O)c1F. The number of ether oxygens (including phenoxy) is 2. The van der Waals surface area contributed by atoms with Gasteiger partial charge in [0.25, 0.3) is 5.56 Å². The van der Waals surface area contributed by atoms with E-state index in [2.05, 4.69) is 25.3 Å². The summed E-state index contributed by atoms with van der Waals surface area (Å²) < 4.78 is 43.6. The first-order valence-corrected chi connectivity index (χ1v) is 16.8. The highest BCUT2D eigenvalue weighted by Crippen LogP contribution is 2.38. The van der Waals surface area contributed by atoms with E-state index >= 15 is 8.78 Å². The number of likely N-dealkylation sites (N-methyl/N-ethyl adjacent to an activating group) is 1. The maximum atomic E-state index is 15.8. The molecule has 6 rings (SSSR count). The molecule has 0 saturated carbocycles. The van der Waals surface area contributed by atoms with Crippen LogP contribution in [-0.4, -0.2) is 100 Å². The number of benzene rings is 1. The van der Waals surface area contributed by atoms with Crippen LogP contribution in [0.4, 0.5) is 20.4 Å². The molecule has 0 spiro atoms. The van der Waals surface area contributed by atoms with E-state index in [9.17, 15) is 19.7 Å². The van der Waals surface area contributed by atoms with Gasteiger partial charge in [-0.25, -0.2) is 13.8 Å². The minimum Gasteiger partial charge on any atom is -0.494 e. The van der Waals surface area contributed by atoms with Gasteiger partial charge in [0.1, 0.15) is 18.4 Å². The number of carbonyl (C=O) groups is 1. The van der Waals surface area contributed by atoms with Gasteiger partial charge in [-0.3, -0.25) is 19.1 Å². The Morgan fingerprint density at radius 1 is 1.13 bits per heavy atom.